The van der Waals surface area contributed by atoms with Gasteiger partial charge in [-0.05, 0) is 29.3 Å². The Morgan fingerprint density at radius 1 is 1.00 bits per heavy atom. The molecule has 3 heteroatoms. The van der Waals surface area contributed by atoms with E-state index in [0.29, 0.717) is 0 Å². The summed E-state index contributed by atoms with van der Waals surface area (Å²) in [6.45, 7) is 4.11. The maximum atomic E-state index is 10.8. The zero-order chi connectivity index (χ0) is 14.0. The molecule has 0 aliphatic rings. The molecule has 0 aliphatic heterocycles. The van der Waals surface area contributed by atoms with Gasteiger partial charge in [0, 0.05) is 14.4 Å². The smallest absolute Gasteiger partial charge is 0.0892 e. The normalized spacial score (nSPS) is 13.3. The maximum Gasteiger partial charge on any atom is 0.0892 e. The van der Waals surface area contributed by atoms with Gasteiger partial charge in [0.2, 0.25) is 0 Å². The van der Waals surface area contributed by atoms with Gasteiger partial charge < -0.3 is 5.11 Å². The molecule has 0 fully saturated rings. The minimum absolute atomic E-state index is 0.357. The van der Waals surface area contributed by atoms with E-state index in [0.717, 1.165) is 20.1 Å². The lowest BCUT2D eigenvalue weighted by atomic mass is 9.77. The van der Waals surface area contributed by atoms with E-state index in [9.17, 15) is 5.11 Å². The molecular formula is C16H16Br2O. The van der Waals surface area contributed by atoms with E-state index < -0.39 is 6.10 Å². The van der Waals surface area contributed by atoms with Crippen molar-refractivity contribution in [3.8, 4) is 0 Å². The highest BCUT2D eigenvalue weighted by molar-refractivity contribution is 9.11. The van der Waals surface area contributed by atoms with Crippen molar-refractivity contribution in [2.75, 3.05) is 0 Å². The summed E-state index contributed by atoms with van der Waals surface area (Å²) in [5.41, 5.74) is 1.66. The number of aliphatic hydroxyl groups is 1. The number of hydrogen-bond donors (Lipinski definition) is 1. The third-order valence-electron chi connectivity index (χ3n) is 3.45. The van der Waals surface area contributed by atoms with Crippen molar-refractivity contribution < 1.29 is 5.11 Å². The van der Waals surface area contributed by atoms with Crippen LogP contribution < -0.4 is 0 Å². The summed E-state index contributed by atoms with van der Waals surface area (Å²) >= 11 is 6.97. The van der Waals surface area contributed by atoms with Crippen LogP contribution in [0.3, 0.4) is 0 Å². The molecule has 2 aromatic carbocycles. The molecule has 1 nitrogen and oxygen atoms in total. The Morgan fingerprint density at radius 2 is 1.63 bits per heavy atom. The van der Waals surface area contributed by atoms with Crippen LogP contribution in [-0.2, 0) is 5.41 Å². The number of benzene rings is 2. The first-order chi connectivity index (χ1) is 8.93. The van der Waals surface area contributed by atoms with Crippen LogP contribution in [0.4, 0.5) is 0 Å². The molecule has 0 heterocycles. The quantitative estimate of drug-likeness (QED) is 0.769. The predicted octanol–water partition coefficient (Wildman–Crippen LogP) is 5.22. The minimum Gasteiger partial charge on any atom is -0.387 e. The van der Waals surface area contributed by atoms with Crippen LogP contribution in [0.5, 0.6) is 0 Å². The molecule has 0 aromatic heterocycles. The van der Waals surface area contributed by atoms with Gasteiger partial charge in [0.15, 0.2) is 0 Å². The predicted molar refractivity (Wildman–Crippen MR) is 86.3 cm³/mol. The Balaban J connectivity index is 2.43. The van der Waals surface area contributed by atoms with Crippen LogP contribution in [0.2, 0.25) is 0 Å². The molecule has 2 aromatic rings. The van der Waals surface area contributed by atoms with Gasteiger partial charge in [0.25, 0.3) is 0 Å². The molecule has 1 atom stereocenters. The van der Waals surface area contributed by atoms with Crippen LogP contribution in [-0.4, -0.2) is 5.11 Å². The molecular weight excluding hydrogens is 368 g/mol. The van der Waals surface area contributed by atoms with Crippen LogP contribution in [0.15, 0.2) is 57.5 Å². The highest BCUT2D eigenvalue weighted by Gasteiger charge is 2.32. The van der Waals surface area contributed by atoms with Gasteiger partial charge in [-0.3, -0.25) is 0 Å². The van der Waals surface area contributed by atoms with E-state index in [1.807, 2.05) is 36.4 Å². The maximum absolute atomic E-state index is 10.8. The molecule has 0 radical (unpaired) electrons. The Kier molecular flexibility index (Phi) is 4.49. The van der Waals surface area contributed by atoms with Gasteiger partial charge in [-0.25, -0.2) is 0 Å². The third kappa shape index (κ3) is 3.10. The molecule has 0 saturated carbocycles. The van der Waals surface area contributed by atoms with Crippen molar-refractivity contribution in [3.63, 3.8) is 0 Å². The molecule has 1 N–H and O–H groups in total. The first-order valence-corrected chi connectivity index (χ1v) is 7.70. The fourth-order valence-electron chi connectivity index (χ4n) is 2.14. The van der Waals surface area contributed by atoms with Crippen LogP contribution in [0.25, 0.3) is 0 Å². The van der Waals surface area contributed by atoms with Crippen LogP contribution >= 0.6 is 31.9 Å². The first-order valence-electron chi connectivity index (χ1n) is 6.11. The van der Waals surface area contributed by atoms with E-state index in [1.165, 1.54) is 0 Å². The second kappa shape index (κ2) is 5.78. The summed E-state index contributed by atoms with van der Waals surface area (Å²) in [4.78, 5) is 0. The Bertz CT molecular complexity index is 564. The summed E-state index contributed by atoms with van der Waals surface area (Å²) in [5, 5.41) is 10.8. The average molecular weight is 384 g/mol. The lowest BCUT2D eigenvalue weighted by Crippen LogP contribution is -2.27. The van der Waals surface area contributed by atoms with Crippen molar-refractivity contribution >= 4 is 31.9 Å². The van der Waals surface area contributed by atoms with E-state index in [4.69, 9.17) is 0 Å². The summed E-state index contributed by atoms with van der Waals surface area (Å²) in [6, 6.07) is 15.9. The topological polar surface area (TPSA) is 20.2 Å². The number of aliphatic hydroxyl groups excluding tert-OH is 1. The highest BCUT2D eigenvalue weighted by atomic mass is 79.9. The summed E-state index contributed by atoms with van der Waals surface area (Å²) in [6.07, 6.45) is -0.582. The SMILES string of the molecule is CC(C)(c1ccccc1)C(O)c1cc(Br)ccc1Br. The van der Waals surface area contributed by atoms with Crippen LogP contribution in [0, 0.1) is 0 Å². The van der Waals surface area contributed by atoms with E-state index in [2.05, 4.69) is 57.8 Å². The fourth-order valence-corrected chi connectivity index (χ4v) is 2.98. The van der Waals surface area contributed by atoms with Crippen molar-refractivity contribution in [3.05, 3.63) is 68.6 Å². The number of hydrogen-bond acceptors (Lipinski definition) is 1. The third-order valence-corrected chi connectivity index (χ3v) is 4.67. The summed E-state index contributed by atoms with van der Waals surface area (Å²) < 4.78 is 1.89. The lowest BCUT2D eigenvalue weighted by molar-refractivity contribution is 0.0995. The van der Waals surface area contributed by atoms with Crippen molar-refractivity contribution in [1.82, 2.24) is 0 Å². The van der Waals surface area contributed by atoms with E-state index in [1.54, 1.807) is 0 Å². The fraction of sp³-hybridized carbons (Fsp3) is 0.250. The van der Waals surface area contributed by atoms with E-state index >= 15 is 0 Å². The summed E-state index contributed by atoms with van der Waals surface area (Å²) in [5.74, 6) is 0. The molecule has 0 amide bonds. The van der Waals surface area contributed by atoms with Gasteiger partial charge in [-0.2, -0.15) is 0 Å². The summed E-state index contributed by atoms with van der Waals surface area (Å²) in [7, 11) is 0. The Labute approximate surface area is 130 Å². The van der Waals surface area contributed by atoms with Gasteiger partial charge in [-0.1, -0.05) is 76.0 Å². The van der Waals surface area contributed by atoms with E-state index in [-0.39, 0.29) is 5.41 Å². The first kappa shape index (κ1) is 14.8. The van der Waals surface area contributed by atoms with Crippen molar-refractivity contribution in [2.24, 2.45) is 0 Å². The molecule has 19 heavy (non-hydrogen) atoms. The zero-order valence-electron chi connectivity index (χ0n) is 10.9. The zero-order valence-corrected chi connectivity index (χ0v) is 14.1. The van der Waals surface area contributed by atoms with Gasteiger partial charge in [0.1, 0.15) is 0 Å². The molecule has 0 bridgehead atoms. The molecule has 0 spiro atoms. The van der Waals surface area contributed by atoms with Crippen molar-refractivity contribution in [1.29, 1.82) is 0 Å². The van der Waals surface area contributed by atoms with Crippen LogP contribution in [0.1, 0.15) is 31.1 Å². The second-order valence-corrected chi connectivity index (χ2v) is 6.93. The molecule has 0 saturated heterocycles. The minimum atomic E-state index is -0.582. The van der Waals surface area contributed by atoms with Crippen molar-refractivity contribution in [2.45, 2.75) is 25.4 Å². The monoisotopic (exact) mass is 382 g/mol. The molecule has 2 rings (SSSR count). The lowest BCUT2D eigenvalue weighted by Gasteiger charge is -2.32. The number of rotatable bonds is 3. The largest absolute Gasteiger partial charge is 0.387 e. The molecule has 1 unspecified atom stereocenters. The second-order valence-electron chi connectivity index (χ2n) is 5.16. The standard InChI is InChI=1S/C16H16Br2O/c1-16(2,11-6-4-3-5-7-11)15(19)13-10-12(17)8-9-14(13)18/h3-10,15,19H,1-2H3. The van der Waals surface area contributed by atoms with Gasteiger partial charge in [-0.15, -0.1) is 0 Å². The van der Waals surface area contributed by atoms with Gasteiger partial charge in [0.05, 0.1) is 6.10 Å². The molecule has 0 aliphatic carbocycles. The Hall–Kier alpha value is -0.640. The Morgan fingerprint density at radius 3 is 2.26 bits per heavy atom. The van der Waals surface area contributed by atoms with Gasteiger partial charge >= 0.3 is 0 Å². The highest BCUT2D eigenvalue weighted by Crippen LogP contribution is 2.40. The average Bonchev–Trinajstić information content (AvgIpc) is 2.41. The molecule has 100 valence electrons. The number of halogens is 2.